The summed E-state index contributed by atoms with van der Waals surface area (Å²) in [6, 6.07) is 6.07. The summed E-state index contributed by atoms with van der Waals surface area (Å²) in [6.07, 6.45) is -1.08. The predicted octanol–water partition coefficient (Wildman–Crippen LogP) is 2.37. The maximum absolute atomic E-state index is 13.5. The molecule has 1 aromatic carbocycles. The molecule has 4 N–H and O–H groups in total. The lowest BCUT2D eigenvalue weighted by molar-refractivity contribution is -0.137. The molecular formula is C19H19F3N8O3S. The van der Waals surface area contributed by atoms with Crippen LogP contribution in [0.3, 0.4) is 0 Å². The van der Waals surface area contributed by atoms with Gasteiger partial charge in [-0.2, -0.15) is 18.2 Å². The molecule has 0 saturated carbocycles. The average Bonchev–Trinajstić information content (AvgIpc) is 2.81. The minimum absolute atomic E-state index is 0.0982. The minimum atomic E-state index is -4.80. The van der Waals surface area contributed by atoms with Crippen molar-refractivity contribution in [3.63, 3.8) is 0 Å². The highest BCUT2D eigenvalue weighted by Crippen LogP contribution is 2.34. The minimum Gasteiger partial charge on any atom is -0.364 e. The second-order valence-corrected chi connectivity index (χ2v) is 8.39. The van der Waals surface area contributed by atoms with E-state index in [9.17, 15) is 26.4 Å². The summed E-state index contributed by atoms with van der Waals surface area (Å²) in [7, 11) is -2.54. The first-order valence-corrected chi connectivity index (χ1v) is 11.3. The molecule has 34 heavy (non-hydrogen) atoms. The van der Waals surface area contributed by atoms with Crippen LogP contribution in [0.2, 0.25) is 1.41 Å². The Bertz CT molecular complexity index is 1320. The van der Waals surface area contributed by atoms with Gasteiger partial charge in [0, 0.05) is 36.9 Å². The highest BCUT2D eigenvalue weighted by atomic mass is 32.2. The van der Waals surface area contributed by atoms with E-state index in [4.69, 9.17) is 1.41 Å². The quantitative estimate of drug-likeness (QED) is 0.368. The zero-order valence-electron chi connectivity index (χ0n) is 18.8. The van der Waals surface area contributed by atoms with Crippen LogP contribution in [0.15, 0.2) is 42.9 Å². The van der Waals surface area contributed by atoms with E-state index in [1.54, 1.807) is 0 Å². The van der Waals surface area contributed by atoms with E-state index in [2.05, 4.69) is 35.9 Å². The lowest BCUT2D eigenvalue weighted by Crippen LogP contribution is -2.18. The molecule has 0 aliphatic carbocycles. The molecule has 0 spiro atoms. The van der Waals surface area contributed by atoms with Crippen LogP contribution in [-0.4, -0.2) is 47.6 Å². The second kappa shape index (κ2) is 9.86. The number of carbonyl (C=O) groups excluding carboxylic acids is 1. The molecule has 1 amide bonds. The van der Waals surface area contributed by atoms with Gasteiger partial charge < -0.3 is 16.0 Å². The molecule has 0 atom stereocenters. The molecule has 3 rings (SSSR count). The summed E-state index contributed by atoms with van der Waals surface area (Å²) < 4.78 is 71.8. The summed E-state index contributed by atoms with van der Waals surface area (Å²) in [4.78, 5) is 26.9. The number of hydrogen-bond donors (Lipinski definition) is 4. The number of nitrogens with zero attached hydrogens (tertiary/aromatic N) is 4. The summed E-state index contributed by atoms with van der Waals surface area (Å²) >= 11 is 0. The first kappa shape index (κ1) is 23.2. The van der Waals surface area contributed by atoms with Gasteiger partial charge in [-0.1, -0.05) is 0 Å². The van der Waals surface area contributed by atoms with Gasteiger partial charge in [0.15, 0.2) is 7.23 Å². The first-order valence-electron chi connectivity index (χ1n) is 9.91. The molecule has 0 aliphatic rings. The van der Waals surface area contributed by atoms with E-state index in [1.807, 2.05) is 0 Å². The standard InChI is InChI=1S/C19H19F3N8O3S/c1-23-17(31)11-3-5-12(6-4-11)28-18-27-9-13(19(20,21)22)15(29-18)26-10-14-16(25-8-7-24-14)30-34(2,32)33/h3-9H,10H2,1-2H3,(H,23,31)(H,25,30)(H2,26,27,28,29)/i/hD. The van der Waals surface area contributed by atoms with Crippen molar-refractivity contribution >= 4 is 39.2 Å². The van der Waals surface area contributed by atoms with Crippen LogP contribution in [0.4, 0.5) is 36.4 Å². The highest BCUT2D eigenvalue weighted by molar-refractivity contribution is 7.92. The van der Waals surface area contributed by atoms with Gasteiger partial charge in [-0.05, 0) is 24.3 Å². The predicted molar refractivity (Wildman–Crippen MR) is 118 cm³/mol. The Labute approximate surface area is 193 Å². The number of sulfonamides is 1. The fraction of sp³-hybridized carbons (Fsp3) is 0.211. The molecule has 0 aliphatic heterocycles. The van der Waals surface area contributed by atoms with Crippen molar-refractivity contribution in [3.05, 3.63) is 59.7 Å². The highest BCUT2D eigenvalue weighted by Gasteiger charge is 2.35. The van der Waals surface area contributed by atoms with E-state index in [0.717, 1.165) is 12.5 Å². The number of alkyl halides is 3. The van der Waals surface area contributed by atoms with Crippen molar-refractivity contribution in [3.8, 4) is 0 Å². The van der Waals surface area contributed by atoms with Crippen molar-refractivity contribution in [2.45, 2.75) is 12.7 Å². The topological polar surface area (TPSA) is 151 Å². The molecular weight excluding hydrogens is 477 g/mol. The smallest absolute Gasteiger partial charge is 0.364 e. The van der Waals surface area contributed by atoms with Crippen molar-refractivity contribution in [1.82, 2.24) is 25.3 Å². The lowest BCUT2D eigenvalue weighted by atomic mass is 10.2. The number of hydrogen-bond acceptors (Lipinski definition) is 9. The molecule has 0 radical (unpaired) electrons. The third-order valence-corrected chi connectivity index (χ3v) is 4.66. The van der Waals surface area contributed by atoms with Gasteiger partial charge in [-0.15, -0.1) is 0 Å². The third kappa shape index (κ3) is 6.50. The van der Waals surface area contributed by atoms with Gasteiger partial charge in [0.25, 0.3) is 5.91 Å². The molecule has 0 saturated heterocycles. The number of aromatic nitrogens is 4. The average molecular weight is 497 g/mol. The Balaban J connectivity index is 1.88. The zero-order chi connectivity index (χ0) is 25.8. The number of nitrogens with one attached hydrogen (secondary N) is 4. The Morgan fingerprint density at radius 3 is 2.38 bits per heavy atom. The Morgan fingerprint density at radius 2 is 1.76 bits per heavy atom. The number of benzene rings is 1. The maximum atomic E-state index is 13.5. The SMILES string of the molecule is [2H]N(c1nccnc1CNc1nc(Nc2ccc(C(=O)NC)cc2)ncc1C(F)(F)F)S(C)(=O)=O. The van der Waals surface area contributed by atoms with E-state index in [-0.39, 0.29) is 28.1 Å². The normalized spacial score (nSPS) is 12.0. The molecule has 0 unspecified atom stereocenters. The summed E-state index contributed by atoms with van der Waals surface area (Å²) in [6.45, 7) is -0.422. The van der Waals surface area contributed by atoms with E-state index in [1.165, 1.54) is 37.5 Å². The van der Waals surface area contributed by atoms with Gasteiger partial charge in [-0.3, -0.25) is 14.5 Å². The molecule has 15 heteroatoms. The zero-order valence-corrected chi connectivity index (χ0v) is 18.6. The monoisotopic (exact) mass is 497 g/mol. The number of anilines is 4. The number of carbonyl (C=O) groups is 1. The van der Waals surface area contributed by atoms with Crippen LogP contribution >= 0.6 is 0 Å². The van der Waals surface area contributed by atoms with Crippen LogP contribution in [0.25, 0.3) is 0 Å². The Kier molecular flexibility index (Phi) is 6.72. The third-order valence-electron chi connectivity index (χ3n) is 4.15. The molecule has 0 fully saturated rings. The van der Waals surface area contributed by atoms with Crippen molar-refractivity contribution in [2.24, 2.45) is 0 Å². The van der Waals surface area contributed by atoms with Crippen LogP contribution < -0.4 is 20.7 Å². The number of rotatable bonds is 8. The molecule has 3 aromatic rings. The summed E-state index contributed by atoms with van der Waals surface area (Å²) in [5.41, 5.74) is -0.475. The number of amides is 1. The van der Waals surface area contributed by atoms with E-state index < -0.39 is 34.1 Å². The van der Waals surface area contributed by atoms with Gasteiger partial charge in [0.2, 0.25) is 16.0 Å². The summed E-state index contributed by atoms with van der Waals surface area (Å²) in [5, 5.41) is 7.69. The molecule has 2 heterocycles. The van der Waals surface area contributed by atoms with Crippen molar-refractivity contribution in [1.29, 1.82) is 0 Å². The fourth-order valence-corrected chi connectivity index (χ4v) is 3.11. The van der Waals surface area contributed by atoms with Gasteiger partial charge in [0.1, 0.15) is 17.1 Å². The van der Waals surface area contributed by atoms with Gasteiger partial charge >= 0.3 is 6.18 Å². The lowest BCUT2D eigenvalue weighted by Gasteiger charge is -2.15. The van der Waals surface area contributed by atoms with Crippen LogP contribution in [0, 0.1) is 0 Å². The Hall–Kier alpha value is -4.01. The second-order valence-electron chi connectivity index (χ2n) is 6.74. The van der Waals surface area contributed by atoms with Crippen LogP contribution in [-0.2, 0) is 22.7 Å². The molecule has 2 aromatic heterocycles. The first-order chi connectivity index (χ1) is 16.4. The van der Waals surface area contributed by atoms with Gasteiger partial charge in [0.05, 0.1) is 12.8 Å². The largest absolute Gasteiger partial charge is 0.421 e. The van der Waals surface area contributed by atoms with Crippen LogP contribution in [0.5, 0.6) is 0 Å². The number of halogens is 3. The van der Waals surface area contributed by atoms with E-state index >= 15 is 0 Å². The summed E-state index contributed by atoms with van der Waals surface area (Å²) in [5.74, 6) is -1.46. The van der Waals surface area contributed by atoms with Crippen molar-refractivity contribution < 1.29 is 27.8 Å². The van der Waals surface area contributed by atoms with Crippen molar-refractivity contribution in [2.75, 3.05) is 28.7 Å². The molecule has 180 valence electrons. The van der Waals surface area contributed by atoms with Gasteiger partial charge in [-0.25, -0.2) is 18.4 Å². The molecule has 0 bridgehead atoms. The maximum Gasteiger partial charge on any atom is 0.421 e. The van der Waals surface area contributed by atoms with Crippen LogP contribution in [0.1, 0.15) is 21.6 Å². The Morgan fingerprint density at radius 1 is 1.09 bits per heavy atom. The van der Waals surface area contributed by atoms with E-state index in [0.29, 0.717) is 17.4 Å². The fourth-order valence-electron chi connectivity index (χ4n) is 2.65. The molecule has 11 nitrogen and oxygen atoms in total.